The van der Waals surface area contributed by atoms with Crippen LogP contribution in [0, 0.1) is 5.92 Å². The number of carbonyl (C=O) groups excluding carboxylic acids is 1. The second-order valence-corrected chi connectivity index (χ2v) is 5.86. The summed E-state index contributed by atoms with van der Waals surface area (Å²) in [5.74, 6) is 0.356. The van der Waals surface area contributed by atoms with E-state index in [9.17, 15) is 9.90 Å². The molecule has 4 N–H and O–H groups in total. The lowest BCUT2D eigenvalue weighted by Crippen LogP contribution is -2.53. The van der Waals surface area contributed by atoms with Crippen molar-refractivity contribution in [2.45, 2.75) is 51.6 Å². The molecule has 1 aromatic heterocycles. The standard InChI is InChI=1S/C14H24N4O2/c1-3-18-8-11(15)12(17-18)13(20)16-14(9-19)6-4-10(2)5-7-14/h8,10,19H,3-7,9,15H2,1-2H3,(H,16,20). The highest BCUT2D eigenvalue weighted by molar-refractivity contribution is 5.97. The fourth-order valence-corrected chi connectivity index (χ4v) is 2.71. The summed E-state index contributed by atoms with van der Waals surface area (Å²) in [6, 6.07) is 0. The Morgan fingerprint density at radius 1 is 1.60 bits per heavy atom. The number of hydrogen-bond acceptors (Lipinski definition) is 4. The molecular weight excluding hydrogens is 256 g/mol. The molecule has 0 atom stereocenters. The van der Waals surface area contributed by atoms with E-state index in [1.165, 1.54) is 0 Å². The van der Waals surface area contributed by atoms with Crippen LogP contribution in [-0.4, -0.2) is 32.9 Å². The first-order chi connectivity index (χ1) is 9.49. The zero-order valence-corrected chi connectivity index (χ0v) is 12.2. The summed E-state index contributed by atoms with van der Waals surface area (Å²) >= 11 is 0. The number of hydrogen-bond donors (Lipinski definition) is 3. The lowest BCUT2D eigenvalue weighted by atomic mass is 9.77. The molecule has 6 heteroatoms. The Balaban J connectivity index is 2.11. The zero-order chi connectivity index (χ0) is 14.8. The van der Waals surface area contributed by atoms with Crippen molar-refractivity contribution in [2.75, 3.05) is 12.3 Å². The van der Waals surface area contributed by atoms with Crippen molar-refractivity contribution in [3.8, 4) is 0 Å². The quantitative estimate of drug-likeness (QED) is 0.771. The van der Waals surface area contributed by atoms with E-state index in [1.807, 2.05) is 6.92 Å². The van der Waals surface area contributed by atoms with Gasteiger partial charge in [0.15, 0.2) is 5.69 Å². The maximum atomic E-state index is 12.3. The SMILES string of the molecule is CCn1cc(N)c(C(=O)NC2(CO)CCC(C)CC2)n1. The van der Waals surface area contributed by atoms with Crippen molar-refractivity contribution in [3.05, 3.63) is 11.9 Å². The molecule has 0 spiro atoms. The van der Waals surface area contributed by atoms with Crippen molar-refractivity contribution in [3.63, 3.8) is 0 Å². The van der Waals surface area contributed by atoms with Gasteiger partial charge in [-0.1, -0.05) is 6.92 Å². The van der Waals surface area contributed by atoms with Gasteiger partial charge in [0.2, 0.25) is 0 Å². The molecule has 0 radical (unpaired) electrons. The van der Waals surface area contributed by atoms with Gasteiger partial charge in [-0.15, -0.1) is 0 Å². The molecule has 112 valence electrons. The van der Waals surface area contributed by atoms with Gasteiger partial charge in [0, 0.05) is 12.7 Å². The third-order valence-corrected chi connectivity index (χ3v) is 4.24. The van der Waals surface area contributed by atoms with Crippen LogP contribution in [0.25, 0.3) is 0 Å². The minimum absolute atomic E-state index is 0.0418. The van der Waals surface area contributed by atoms with Gasteiger partial charge in [0.1, 0.15) is 0 Å². The van der Waals surface area contributed by atoms with E-state index >= 15 is 0 Å². The number of anilines is 1. The Morgan fingerprint density at radius 2 is 2.25 bits per heavy atom. The maximum absolute atomic E-state index is 12.3. The van der Waals surface area contributed by atoms with Crippen LogP contribution in [0.15, 0.2) is 6.20 Å². The number of aliphatic hydroxyl groups is 1. The molecule has 6 nitrogen and oxygen atoms in total. The number of nitrogen functional groups attached to an aromatic ring is 1. The first-order valence-corrected chi connectivity index (χ1v) is 7.26. The van der Waals surface area contributed by atoms with Crippen LogP contribution in [0.3, 0.4) is 0 Å². The monoisotopic (exact) mass is 280 g/mol. The van der Waals surface area contributed by atoms with Crippen LogP contribution < -0.4 is 11.1 Å². The van der Waals surface area contributed by atoms with Gasteiger partial charge in [-0.25, -0.2) is 0 Å². The van der Waals surface area contributed by atoms with Gasteiger partial charge in [0.25, 0.3) is 5.91 Å². The minimum Gasteiger partial charge on any atom is -0.396 e. The van der Waals surface area contributed by atoms with Gasteiger partial charge >= 0.3 is 0 Å². The summed E-state index contributed by atoms with van der Waals surface area (Å²) in [4.78, 5) is 12.3. The summed E-state index contributed by atoms with van der Waals surface area (Å²) < 4.78 is 1.64. The topological polar surface area (TPSA) is 93.2 Å². The van der Waals surface area contributed by atoms with E-state index in [1.54, 1.807) is 10.9 Å². The molecule has 0 aromatic carbocycles. The zero-order valence-electron chi connectivity index (χ0n) is 12.2. The highest BCUT2D eigenvalue weighted by Crippen LogP contribution is 2.32. The first-order valence-electron chi connectivity index (χ1n) is 7.26. The second-order valence-electron chi connectivity index (χ2n) is 5.86. The van der Waals surface area contributed by atoms with Gasteiger partial charge in [-0.05, 0) is 38.5 Å². The van der Waals surface area contributed by atoms with Gasteiger partial charge in [-0.3, -0.25) is 9.48 Å². The summed E-state index contributed by atoms with van der Waals surface area (Å²) in [6.45, 7) is 4.76. The highest BCUT2D eigenvalue weighted by Gasteiger charge is 2.36. The highest BCUT2D eigenvalue weighted by atomic mass is 16.3. The number of nitrogens with two attached hydrogens (primary N) is 1. The molecule has 1 fully saturated rings. The fraction of sp³-hybridized carbons (Fsp3) is 0.714. The molecule has 0 aliphatic heterocycles. The van der Waals surface area contributed by atoms with Crippen LogP contribution in [0.4, 0.5) is 5.69 Å². The minimum atomic E-state index is -0.522. The molecule has 0 unspecified atom stereocenters. The molecular formula is C14H24N4O2. The van der Waals surface area contributed by atoms with Crippen molar-refractivity contribution >= 4 is 11.6 Å². The molecule has 1 aliphatic rings. The van der Waals surface area contributed by atoms with E-state index in [0.717, 1.165) is 25.7 Å². The molecule has 2 rings (SSSR count). The summed E-state index contributed by atoms with van der Waals surface area (Å²) in [6.07, 6.45) is 5.28. The average Bonchev–Trinajstić information content (AvgIpc) is 2.83. The molecule has 1 saturated carbocycles. The van der Waals surface area contributed by atoms with E-state index in [-0.39, 0.29) is 18.2 Å². The van der Waals surface area contributed by atoms with Crippen molar-refractivity contribution in [2.24, 2.45) is 5.92 Å². The number of aliphatic hydroxyl groups excluding tert-OH is 1. The smallest absolute Gasteiger partial charge is 0.274 e. The lowest BCUT2D eigenvalue weighted by Gasteiger charge is -2.38. The van der Waals surface area contributed by atoms with Crippen molar-refractivity contribution < 1.29 is 9.90 Å². The van der Waals surface area contributed by atoms with E-state index in [0.29, 0.717) is 18.2 Å². The second kappa shape index (κ2) is 5.83. The maximum Gasteiger partial charge on any atom is 0.274 e. The van der Waals surface area contributed by atoms with Crippen LogP contribution >= 0.6 is 0 Å². The summed E-state index contributed by atoms with van der Waals surface area (Å²) in [5, 5.41) is 16.8. The van der Waals surface area contributed by atoms with Gasteiger partial charge < -0.3 is 16.2 Å². The van der Waals surface area contributed by atoms with E-state index in [2.05, 4.69) is 17.3 Å². The third-order valence-electron chi connectivity index (χ3n) is 4.24. The Hall–Kier alpha value is -1.56. The average molecular weight is 280 g/mol. The Labute approximate surface area is 119 Å². The first kappa shape index (κ1) is 14.8. The van der Waals surface area contributed by atoms with Crippen LogP contribution in [0.2, 0.25) is 0 Å². The largest absolute Gasteiger partial charge is 0.396 e. The Morgan fingerprint density at radius 3 is 2.75 bits per heavy atom. The number of nitrogens with one attached hydrogen (secondary N) is 1. The predicted octanol–water partition coefficient (Wildman–Crippen LogP) is 1.16. The number of nitrogens with zero attached hydrogens (tertiary/aromatic N) is 2. The molecule has 1 aromatic rings. The van der Waals surface area contributed by atoms with Gasteiger partial charge in [-0.2, -0.15) is 5.10 Å². The Kier molecular flexibility index (Phi) is 4.32. The van der Waals surface area contributed by atoms with E-state index in [4.69, 9.17) is 5.73 Å². The summed E-state index contributed by atoms with van der Waals surface area (Å²) in [7, 11) is 0. The fourth-order valence-electron chi connectivity index (χ4n) is 2.71. The lowest BCUT2D eigenvalue weighted by molar-refractivity contribution is 0.0712. The molecule has 20 heavy (non-hydrogen) atoms. The van der Waals surface area contributed by atoms with Crippen molar-refractivity contribution in [1.82, 2.24) is 15.1 Å². The molecule has 1 amide bonds. The molecule has 0 bridgehead atoms. The van der Waals surface area contributed by atoms with Crippen LogP contribution in [0.1, 0.15) is 50.0 Å². The van der Waals surface area contributed by atoms with Crippen LogP contribution in [-0.2, 0) is 6.54 Å². The molecule has 1 heterocycles. The predicted molar refractivity (Wildman–Crippen MR) is 77.2 cm³/mol. The number of carbonyl (C=O) groups is 1. The molecule has 1 aliphatic carbocycles. The number of aromatic nitrogens is 2. The number of aryl methyl sites for hydroxylation is 1. The number of amides is 1. The van der Waals surface area contributed by atoms with Crippen molar-refractivity contribution in [1.29, 1.82) is 0 Å². The van der Waals surface area contributed by atoms with Crippen LogP contribution in [0.5, 0.6) is 0 Å². The van der Waals surface area contributed by atoms with Gasteiger partial charge in [0.05, 0.1) is 17.8 Å². The summed E-state index contributed by atoms with van der Waals surface area (Å²) in [5.41, 5.74) is 5.93. The Bertz CT molecular complexity index is 476. The van der Waals surface area contributed by atoms with E-state index < -0.39 is 5.54 Å². The molecule has 0 saturated heterocycles. The normalized spacial score (nSPS) is 26.4. The third kappa shape index (κ3) is 2.95. The number of rotatable bonds is 4.